The molecule has 0 spiro atoms. The Balaban J connectivity index is 2.13. The maximum Gasteiger partial charge on any atom is 0.416 e. The van der Waals surface area contributed by atoms with Crippen molar-refractivity contribution in [2.24, 2.45) is 0 Å². The van der Waals surface area contributed by atoms with E-state index in [1.54, 1.807) is 6.07 Å². The first kappa shape index (κ1) is 13.8. The molecule has 0 saturated carbocycles. The minimum absolute atomic E-state index is 0.00340. The number of ketones is 1. The van der Waals surface area contributed by atoms with Gasteiger partial charge in [-0.05, 0) is 36.8 Å². The molecule has 0 amide bonds. The molecule has 2 rings (SSSR count). The number of hydrogen-bond donors (Lipinski definition) is 0. The van der Waals surface area contributed by atoms with E-state index in [0.29, 0.717) is 11.3 Å². The number of hydrogen-bond acceptors (Lipinski definition) is 2. The first-order valence-electron chi connectivity index (χ1n) is 5.62. The molecule has 0 aliphatic rings. The third kappa shape index (κ3) is 3.44. The molecule has 1 nitrogen and oxygen atoms in total. The summed E-state index contributed by atoms with van der Waals surface area (Å²) in [6, 6.07) is 8.67. The van der Waals surface area contributed by atoms with Crippen LogP contribution in [0.4, 0.5) is 13.2 Å². The number of thiophene rings is 1. The fraction of sp³-hybridized carbons (Fsp3) is 0.214. The highest BCUT2D eigenvalue weighted by Gasteiger charge is 2.29. The molecule has 0 unspecified atom stereocenters. The molecule has 0 N–H and O–H groups in total. The summed E-state index contributed by atoms with van der Waals surface area (Å²) in [5.74, 6) is 0.00340. The minimum Gasteiger partial charge on any atom is -0.294 e. The van der Waals surface area contributed by atoms with Crippen LogP contribution >= 0.6 is 11.3 Å². The molecule has 1 heterocycles. The zero-order valence-corrected chi connectivity index (χ0v) is 10.9. The second-order valence-electron chi connectivity index (χ2n) is 4.19. The van der Waals surface area contributed by atoms with E-state index >= 15 is 0 Å². The fourth-order valence-electron chi connectivity index (χ4n) is 1.67. The van der Waals surface area contributed by atoms with Crippen LogP contribution in [-0.4, -0.2) is 5.78 Å². The van der Waals surface area contributed by atoms with Crippen molar-refractivity contribution in [1.29, 1.82) is 0 Å². The number of halogens is 3. The largest absolute Gasteiger partial charge is 0.416 e. The van der Waals surface area contributed by atoms with E-state index in [0.717, 1.165) is 22.6 Å². The molecular formula is C14H11F3OS. The maximum atomic E-state index is 12.4. The summed E-state index contributed by atoms with van der Waals surface area (Å²) in [6.07, 6.45) is -3.76. The third-order valence-corrected chi connectivity index (χ3v) is 3.85. The van der Waals surface area contributed by atoms with Crippen molar-refractivity contribution >= 4 is 17.1 Å². The topological polar surface area (TPSA) is 17.1 Å². The van der Waals surface area contributed by atoms with Gasteiger partial charge in [0.15, 0.2) is 5.78 Å². The van der Waals surface area contributed by atoms with Crippen LogP contribution in [0.2, 0.25) is 0 Å². The molecule has 1 aromatic heterocycles. The van der Waals surface area contributed by atoms with Gasteiger partial charge < -0.3 is 0 Å². The van der Waals surface area contributed by atoms with E-state index < -0.39 is 11.7 Å². The molecule has 19 heavy (non-hydrogen) atoms. The second kappa shape index (κ2) is 5.17. The Morgan fingerprint density at radius 2 is 1.74 bits per heavy atom. The summed E-state index contributed by atoms with van der Waals surface area (Å²) in [5, 5.41) is 0. The molecule has 5 heteroatoms. The van der Waals surface area contributed by atoms with Gasteiger partial charge in [0.25, 0.3) is 0 Å². The first-order chi connectivity index (χ1) is 8.86. The molecule has 0 atom stereocenters. The van der Waals surface area contributed by atoms with Gasteiger partial charge in [-0.25, -0.2) is 0 Å². The summed E-state index contributed by atoms with van der Waals surface area (Å²) in [4.78, 5) is 12.8. The number of carbonyl (C=O) groups excluding carboxylic acids is 1. The molecule has 0 fully saturated rings. The SMILES string of the molecule is CC(=O)c1ccc(Cc2ccc(C(F)(F)F)cc2)s1. The highest BCUT2D eigenvalue weighted by molar-refractivity contribution is 7.14. The number of carbonyl (C=O) groups is 1. The lowest BCUT2D eigenvalue weighted by atomic mass is 10.1. The quantitative estimate of drug-likeness (QED) is 0.755. The summed E-state index contributed by atoms with van der Waals surface area (Å²) in [6.45, 7) is 1.49. The van der Waals surface area contributed by atoms with E-state index in [4.69, 9.17) is 0 Å². The fourth-order valence-corrected chi connectivity index (χ4v) is 2.61. The van der Waals surface area contributed by atoms with Gasteiger partial charge in [0.2, 0.25) is 0 Å². The lowest BCUT2D eigenvalue weighted by Crippen LogP contribution is -2.04. The van der Waals surface area contributed by atoms with Crippen LogP contribution in [0, 0.1) is 0 Å². The van der Waals surface area contributed by atoms with Gasteiger partial charge in [-0.3, -0.25) is 4.79 Å². The van der Waals surface area contributed by atoms with E-state index in [1.165, 1.54) is 30.4 Å². The van der Waals surface area contributed by atoms with Crippen LogP contribution in [-0.2, 0) is 12.6 Å². The molecule has 2 aromatic rings. The monoisotopic (exact) mass is 284 g/mol. The predicted octanol–water partition coefficient (Wildman–Crippen LogP) is 4.56. The predicted molar refractivity (Wildman–Crippen MR) is 68.6 cm³/mol. The van der Waals surface area contributed by atoms with Crippen LogP contribution in [0.1, 0.15) is 32.6 Å². The summed E-state index contributed by atoms with van der Waals surface area (Å²) in [5.41, 5.74) is 0.150. The van der Waals surface area contributed by atoms with Crippen LogP contribution in [0.25, 0.3) is 0 Å². The van der Waals surface area contributed by atoms with Crippen molar-refractivity contribution in [3.63, 3.8) is 0 Å². The lowest BCUT2D eigenvalue weighted by molar-refractivity contribution is -0.137. The van der Waals surface area contributed by atoms with Gasteiger partial charge in [0.1, 0.15) is 0 Å². The molecule has 0 saturated heterocycles. The average molecular weight is 284 g/mol. The Bertz CT molecular complexity index is 581. The average Bonchev–Trinajstić information content (AvgIpc) is 2.77. The Hall–Kier alpha value is -1.62. The lowest BCUT2D eigenvalue weighted by Gasteiger charge is -2.07. The first-order valence-corrected chi connectivity index (χ1v) is 6.43. The highest BCUT2D eigenvalue weighted by atomic mass is 32.1. The number of alkyl halides is 3. The van der Waals surface area contributed by atoms with Crippen LogP contribution in [0.5, 0.6) is 0 Å². The van der Waals surface area contributed by atoms with Gasteiger partial charge in [-0.1, -0.05) is 12.1 Å². The smallest absolute Gasteiger partial charge is 0.294 e. The Kier molecular flexibility index (Phi) is 3.75. The van der Waals surface area contributed by atoms with Gasteiger partial charge in [-0.15, -0.1) is 11.3 Å². The standard InChI is InChI=1S/C14H11F3OS/c1-9(18)13-7-6-12(19-13)8-10-2-4-11(5-3-10)14(15,16)17/h2-7H,8H2,1H3. The molecule has 0 aliphatic heterocycles. The zero-order chi connectivity index (χ0) is 14.0. The van der Waals surface area contributed by atoms with Crippen LogP contribution in [0.3, 0.4) is 0 Å². The molecule has 0 aliphatic carbocycles. The van der Waals surface area contributed by atoms with Gasteiger partial charge >= 0.3 is 6.18 Å². The number of rotatable bonds is 3. The number of benzene rings is 1. The Labute approximate surface area is 112 Å². The number of Topliss-reactive ketones (excluding diaryl/α,β-unsaturated/α-hetero) is 1. The molecule has 100 valence electrons. The van der Waals surface area contributed by atoms with E-state index in [2.05, 4.69) is 0 Å². The van der Waals surface area contributed by atoms with Crippen molar-refractivity contribution in [2.75, 3.05) is 0 Å². The molecule has 0 bridgehead atoms. The normalized spacial score (nSPS) is 11.6. The summed E-state index contributed by atoms with van der Waals surface area (Å²) >= 11 is 1.37. The van der Waals surface area contributed by atoms with Crippen molar-refractivity contribution in [2.45, 2.75) is 19.5 Å². The van der Waals surface area contributed by atoms with Crippen molar-refractivity contribution < 1.29 is 18.0 Å². The van der Waals surface area contributed by atoms with Gasteiger partial charge in [0, 0.05) is 11.3 Å². The third-order valence-electron chi connectivity index (χ3n) is 2.67. The minimum atomic E-state index is -4.30. The Morgan fingerprint density at radius 1 is 1.11 bits per heavy atom. The highest BCUT2D eigenvalue weighted by Crippen LogP contribution is 2.29. The van der Waals surface area contributed by atoms with Crippen molar-refractivity contribution in [3.8, 4) is 0 Å². The van der Waals surface area contributed by atoms with Gasteiger partial charge in [-0.2, -0.15) is 13.2 Å². The van der Waals surface area contributed by atoms with E-state index in [1.807, 2.05) is 6.07 Å². The zero-order valence-electron chi connectivity index (χ0n) is 10.1. The Morgan fingerprint density at radius 3 is 2.21 bits per heavy atom. The summed E-state index contributed by atoms with van der Waals surface area (Å²) in [7, 11) is 0. The van der Waals surface area contributed by atoms with Gasteiger partial charge in [0.05, 0.1) is 10.4 Å². The van der Waals surface area contributed by atoms with Crippen LogP contribution < -0.4 is 0 Å². The van der Waals surface area contributed by atoms with Crippen LogP contribution in [0.15, 0.2) is 36.4 Å². The van der Waals surface area contributed by atoms with Crippen molar-refractivity contribution in [3.05, 3.63) is 57.3 Å². The second-order valence-corrected chi connectivity index (χ2v) is 5.36. The summed E-state index contributed by atoms with van der Waals surface area (Å²) < 4.78 is 37.2. The molecule has 0 radical (unpaired) electrons. The maximum absolute atomic E-state index is 12.4. The molecule has 1 aromatic carbocycles. The van der Waals surface area contributed by atoms with E-state index in [-0.39, 0.29) is 5.78 Å². The van der Waals surface area contributed by atoms with E-state index in [9.17, 15) is 18.0 Å². The molecular weight excluding hydrogens is 273 g/mol. The van der Waals surface area contributed by atoms with Crippen molar-refractivity contribution in [1.82, 2.24) is 0 Å².